The Morgan fingerprint density at radius 3 is 2.31 bits per heavy atom. The van der Waals surface area contributed by atoms with E-state index in [4.69, 9.17) is 9.47 Å². The number of nitrogens with zero attached hydrogens (tertiary/aromatic N) is 2. The van der Waals surface area contributed by atoms with Gasteiger partial charge in [0.15, 0.2) is 11.5 Å². The summed E-state index contributed by atoms with van der Waals surface area (Å²) in [7, 11) is 7.66. The summed E-state index contributed by atoms with van der Waals surface area (Å²) in [5.41, 5.74) is 8.63. The number of rotatable bonds is 8. The molecule has 3 aromatic rings. The SMILES string of the molecule is COc1cc2cc3[n+](c(N(C)C)c2cc1OC)C(CCCCO)Cc1c-3cc(C2CC2)c(C)c1C. The average molecular weight is 476 g/mol. The smallest absolute Gasteiger partial charge is 0.284 e. The molecule has 1 saturated carbocycles. The molecule has 0 bridgehead atoms. The summed E-state index contributed by atoms with van der Waals surface area (Å²) < 4.78 is 13.9. The van der Waals surface area contributed by atoms with Crippen LogP contribution in [0.1, 0.15) is 66.3 Å². The van der Waals surface area contributed by atoms with Crippen LogP contribution in [-0.2, 0) is 6.42 Å². The van der Waals surface area contributed by atoms with Gasteiger partial charge in [-0.05, 0) is 97.7 Å². The Morgan fingerprint density at radius 1 is 0.971 bits per heavy atom. The maximum Gasteiger partial charge on any atom is 0.284 e. The predicted molar refractivity (Wildman–Crippen MR) is 142 cm³/mol. The number of anilines is 1. The Hall–Kier alpha value is -2.79. The molecule has 35 heavy (non-hydrogen) atoms. The van der Waals surface area contributed by atoms with Gasteiger partial charge in [-0.1, -0.05) is 0 Å². The van der Waals surface area contributed by atoms with Crippen molar-refractivity contribution in [2.45, 2.75) is 64.3 Å². The summed E-state index contributed by atoms with van der Waals surface area (Å²) in [5, 5.41) is 11.8. The lowest BCUT2D eigenvalue weighted by Gasteiger charge is -2.32. The predicted octanol–water partition coefficient (Wildman–Crippen LogP) is 5.63. The van der Waals surface area contributed by atoms with Gasteiger partial charge in [0.1, 0.15) is 11.7 Å². The Bertz CT molecular complexity index is 1280. The lowest BCUT2D eigenvalue weighted by Crippen LogP contribution is -2.49. The standard InChI is InChI=1S/C30H39N2O3/c1-18-19(2)24-15-22(9-7-8-12-33)32-27(26(24)16-23(18)20-10-11-20)13-21-14-28(34-5)29(35-6)17-25(21)30(32)31(3)4/h13-14,16-17,20,22,33H,7-12,15H2,1-6H3/q+1. The molecule has 2 aliphatic rings. The van der Waals surface area contributed by atoms with E-state index in [-0.39, 0.29) is 6.61 Å². The van der Waals surface area contributed by atoms with Gasteiger partial charge in [0.25, 0.3) is 5.82 Å². The van der Waals surface area contributed by atoms with Gasteiger partial charge in [0.05, 0.1) is 33.7 Å². The third-order valence-electron chi connectivity index (χ3n) is 8.12. The van der Waals surface area contributed by atoms with Crippen molar-refractivity contribution in [1.82, 2.24) is 0 Å². The first-order chi connectivity index (χ1) is 16.9. The Morgan fingerprint density at radius 2 is 1.69 bits per heavy atom. The topological polar surface area (TPSA) is 45.8 Å². The Balaban J connectivity index is 1.83. The lowest BCUT2D eigenvalue weighted by atomic mass is 9.82. The van der Waals surface area contributed by atoms with Crippen molar-refractivity contribution in [3.63, 3.8) is 0 Å². The highest BCUT2D eigenvalue weighted by Gasteiger charge is 2.37. The van der Waals surface area contributed by atoms with Crippen LogP contribution in [0, 0.1) is 13.8 Å². The molecule has 5 heteroatoms. The van der Waals surface area contributed by atoms with Gasteiger partial charge in [-0.2, -0.15) is 0 Å². The first-order valence-electron chi connectivity index (χ1n) is 12.9. The van der Waals surface area contributed by atoms with Crippen LogP contribution in [0.5, 0.6) is 11.5 Å². The van der Waals surface area contributed by atoms with E-state index >= 15 is 0 Å². The number of hydrogen-bond acceptors (Lipinski definition) is 4. The number of aliphatic hydroxyl groups excluding tert-OH is 1. The molecule has 5 nitrogen and oxygen atoms in total. The minimum atomic E-state index is 0.249. The van der Waals surface area contributed by atoms with E-state index in [9.17, 15) is 5.11 Å². The molecule has 0 radical (unpaired) electrons. The fourth-order valence-corrected chi connectivity index (χ4v) is 6.06. The number of hydrogen-bond donors (Lipinski definition) is 1. The maximum absolute atomic E-state index is 9.47. The van der Waals surface area contributed by atoms with E-state index in [1.54, 1.807) is 14.2 Å². The lowest BCUT2D eigenvalue weighted by molar-refractivity contribution is -0.702. The zero-order valence-corrected chi connectivity index (χ0v) is 22.1. The molecular formula is C30H39N2O3+. The van der Waals surface area contributed by atoms with Crippen molar-refractivity contribution in [2.24, 2.45) is 0 Å². The molecule has 1 fully saturated rings. The third-order valence-corrected chi connectivity index (χ3v) is 8.12. The second-order valence-corrected chi connectivity index (χ2v) is 10.5. The summed E-state index contributed by atoms with van der Waals surface area (Å²) in [4.78, 5) is 2.24. The zero-order valence-electron chi connectivity index (χ0n) is 22.1. The second-order valence-electron chi connectivity index (χ2n) is 10.5. The molecule has 1 unspecified atom stereocenters. The highest BCUT2D eigenvalue weighted by molar-refractivity contribution is 5.95. The van der Waals surface area contributed by atoms with E-state index in [1.807, 2.05) is 0 Å². The first kappa shape index (κ1) is 23.9. The second kappa shape index (κ2) is 9.34. The average Bonchev–Trinajstić information content (AvgIpc) is 3.69. The van der Waals surface area contributed by atoms with E-state index in [1.165, 1.54) is 57.6 Å². The van der Waals surface area contributed by atoms with Crippen LogP contribution in [0.15, 0.2) is 24.3 Å². The zero-order chi connectivity index (χ0) is 24.9. The summed E-state index contributed by atoms with van der Waals surface area (Å²) in [6.45, 7) is 4.89. The largest absolute Gasteiger partial charge is 0.493 e. The van der Waals surface area contributed by atoms with E-state index in [2.05, 4.69) is 61.7 Å². The normalized spacial score (nSPS) is 16.7. The molecule has 0 saturated heterocycles. The number of aliphatic hydroxyl groups is 1. The van der Waals surface area contributed by atoms with E-state index in [0.717, 1.165) is 42.6 Å². The van der Waals surface area contributed by atoms with Gasteiger partial charge in [-0.3, -0.25) is 4.90 Å². The van der Waals surface area contributed by atoms with Gasteiger partial charge >= 0.3 is 0 Å². The van der Waals surface area contributed by atoms with Crippen molar-refractivity contribution in [3.05, 3.63) is 46.5 Å². The number of unbranched alkanes of at least 4 members (excludes halogenated alkanes) is 1. The Labute approximate surface area is 209 Å². The minimum Gasteiger partial charge on any atom is -0.493 e. The fourth-order valence-electron chi connectivity index (χ4n) is 6.06. The van der Waals surface area contributed by atoms with Gasteiger partial charge in [0, 0.05) is 24.7 Å². The van der Waals surface area contributed by atoms with Crippen molar-refractivity contribution >= 4 is 16.6 Å². The number of aromatic nitrogens is 1. The highest BCUT2D eigenvalue weighted by Crippen LogP contribution is 2.47. The van der Waals surface area contributed by atoms with Crippen LogP contribution >= 0.6 is 0 Å². The van der Waals surface area contributed by atoms with E-state index in [0.29, 0.717) is 12.0 Å². The highest BCUT2D eigenvalue weighted by atomic mass is 16.5. The third kappa shape index (κ3) is 4.04. The summed E-state index contributed by atoms with van der Waals surface area (Å²) in [6.07, 6.45) is 6.53. The van der Waals surface area contributed by atoms with Crippen LogP contribution in [0.2, 0.25) is 0 Å². The van der Waals surface area contributed by atoms with Crippen molar-refractivity contribution in [2.75, 3.05) is 39.8 Å². The minimum absolute atomic E-state index is 0.249. The van der Waals surface area contributed by atoms with Gasteiger partial charge in [-0.25, -0.2) is 4.57 Å². The summed E-state index contributed by atoms with van der Waals surface area (Å²) in [6, 6.07) is 9.42. The first-order valence-corrected chi connectivity index (χ1v) is 12.9. The van der Waals surface area contributed by atoms with Gasteiger partial charge < -0.3 is 14.6 Å². The molecule has 5 rings (SSSR count). The quantitative estimate of drug-likeness (QED) is 0.339. The molecule has 2 heterocycles. The van der Waals surface area contributed by atoms with Crippen molar-refractivity contribution in [3.8, 4) is 22.8 Å². The summed E-state index contributed by atoms with van der Waals surface area (Å²) >= 11 is 0. The molecule has 1 aliphatic carbocycles. The molecule has 0 amide bonds. The van der Waals surface area contributed by atoms with Crippen LogP contribution in [0.25, 0.3) is 22.0 Å². The molecule has 1 aromatic heterocycles. The monoisotopic (exact) mass is 475 g/mol. The molecule has 1 N–H and O–H groups in total. The number of pyridine rings is 1. The van der Waals surface area contributed by atoms with E-state index < -0.39 is 0 Å². The van der Waals surface area contributed by atoms with Crippen LogP contribution < -0.4 is 18.9 Å². The number of fused-ring (bicyclic) bond motifs is 4. The Kier molecular flexibility index (Phi) is 6.39. The number of ether oxygens (including phenoxy) is 2. The molecule has 1 aliphatic heterocycles. The molecule has 2 aromatic carbocycles. The molecular weight excluding hydrogens is 436 g/mol. The van der Waals surface area contributed by atoms with Gasteiger partial charge in [0.2, 0.25) is 0 Å². The maximum atomic E-state index is 9.47. The fraction of sp³-hybridized carbons (Fsp3) is 0.500. The molecule has 0 spiro atoms. The van der Waals surface area contributed by atoms with Crippen molar-refractivity contribution < 1.29 is 19.1 Å². The molecule has 186 valence electrons. The van der Waals surface area contributed by atoms with Crippen LogP contribution in [0.3, 0.4) is 0 Å². The van der Waals surface area contributed by atoms with Crippen LogP contribution in [-0.4, -0.2) is 40.0 Å². The number of benzene rings is 2. The van der Waals surface area contributed by atoms with Crippen LogP contribution in [0.4, 0.5) is 5.82 Å². The van der Waals surface area contributed by atoms with Gasteiger partial charge in [-0.15, -0.1) is 0 Å². The summed E-state index contributed by atoms with van der Waals surface area (Å²) in [5.74, 6) is 3.42. The molecule has 1 atom stereocenters. The number of methoxy groups -OCH3 is 2. The van der Waals surface area contributed by atoms with Crippen molar-refractivity contribution in [1.29, 1.82) is 0 Å².